The molecule has 3 aliphatic rings. The zero-order chi connectivity index (χ0) is 24.8. The van der Waals surface area contributed by atoms with Crippen molar-refractivity contribution >= 4 is 35.2 Å². The molecule has 4 rings (SSSR count). The number of nitrogens with two attached hydrogens (primary N) is 1. The Hall–Kier alpha value is -2.89. The average Bonchev–Trinajstić information content (AvgIpc) is 3.56. The molecular weight excluding hydrogens is 460 g/mol. The highest BCUT2D eigenvalue weighted by Gasteiger charge is 2.34. The first-order valence-corrected chi connectivity index (χ1v) is 12.8. The van der Waals surface area contributed by atoms with Crippen LogP contribution in [0.1, 0.15) is 44.6 Å². The summed E-state index contributed by atoms with van der Waals surface area (Å²) in [6.45, 7) is 5.69. The second-order valence-electron chi connectivity index (χ2n) is 9.42. The van der Waals surface area contributed by atoms with Gasteiger partial charge in [-0.05, 0) is 50.3 Å². The maximum Gasteiger partial charge on any atom is 0.222 e. The first-order chi connectivity index (χ1) is 17.0. The van der Waals surface area contributed by atoms with E-state index in [1.807, 2.05) is 19.1 Å². The largest absolute Gasteiger partial charge is 0.403 e. The van der Waals surface area contributed by atoms with Gasteiger partial charge < -0.3 is 16.0 Å². The minimum absolute atomic E-state index is 0.181. The Balaban J connectivity index is 1.35. The smallest absolute Gasteiger partial charge is 0.222 e. The number of nitriles is 1. The maximum absolute atomic E-state index is 9.43. The van der Waals surface area contributed by atoms with Crippen LogP contribution in [-0.2, 0) is 0 Å². The Morgan fingerprint density at radius 3 is 2.60 bits per heavy atom. The molecule has 3 fully saturated rings. The molecule has 1 aromatic carbocycles. The van der Waals surface area contributed by atoms with Crippen LogP contribution in [-0.4, -0.2) is 68.1 Å². The van der Waals surface area contributed by atoms with Crippen molar-refractivity contribution in [2.45, 2.75) is 51.1 Å². The van der Waals surface area contributed by atoms with E-state index < -0.39 is 0 Å². The predicted molar refractivity (Wildman–Crippen MR) is 144 cm³/mol. The minimum Gasteiger partial charge on any atom is -0.403 e. The third-order valence-corrected chi connectivity index (χ3v) is 7.32. The Morgan fingerprint density at radius 2 is 1.97 bits per heavy atom. The van der Waals surface area contributed by atoms with E-state index >= 15 is 0 Å². The van der Waals surface area contributed by atoms with Crippen molar-refractivity contribution in [3.63, 3.8) is 0 Å². The van der Waals surface area contributed by atoms with E-state index in [0.29, 0.717) is 28.8 Å². The molecule has 3 N–H and O–H groups in total. The van der Waals surface area contributed by atoms with Crippen molar-refractivity contribution < 1.29 is 0 Å². The van der Waals surface area contributed by atoms with Crippen molar-refractivity contribution in [2.75, 3.05) is 38.1 Å². The number of piperazine rings is 1. The molecule has 0 amide bonds. The van der Waals surface area contributed by atoms with E-state index in [-0.39, 0.29) is 5.92 Å². The number of guanidine groups is 1. The molecule has 0 spiro atoms. The van der Waals surface area contributed by atoms with Crippen LogP contribution < -0.4 is 16.0 Å². The number of halogens is 1. The first kappa shape index (κ1) is 25.2. The van der Waals surface area contributed by atoms with Crippen molar-refractivity contribution in [3.8, 4) is 6.07 Å². The summed E-state index contributed by atoms with van der Waals surface area (Å²) < 4.78 is 0. The SMILES string of the molecule is CN=C(/N=C\c1ccc(N2CCN(C3CCCC3C#N)CC2)c(Cl)c1)N/C(=C/N)C(C)=NC1CC1. The summed E-state index contributed by atoms with van der Waals surface area (Å²) in [5.74, 6) is 0.631. The zero-order valence-corrected chi connectivity index (χ0v) is 21.4. The molecule has 1 aromatic rings. The van der Waals surface area contributed by atoms with Crippen LogP contribution in [0.15, 0.2) is 45.1 Å². The Morgan fingerprint density at radius 1 is 1.20 bits per heavy atom. The van der Waals surface area contributed by atoms with E-state index in [4.69, 9.17) is 17.3 Å². The average molecular weight is 495 g/mol. The Bertz CT molecular complexity index is 1060. The normalized spacial score (nSPS) is 24.7. The zero-order valence-electron chi connectivity index (χ0n) is 20.6. The molecule has 2 unspecified atom stereocenters. The van der Waals surface area contributed by atoms with E-state index in [9.17, 15) is 5.26 Å². The summed E-state index contributed by atoms with van der Waals surface area (Å²) in [7, 11) is 1.68. The molecule has 0 aromatic heterocycles. The lowest BCUT2D eigenvalue weighted by atomic mass is 10.0. The van der Waals surface area contributed by atoms with Crippen LogP contribution in [0.2, 0.25) is 5.02 Å². The van der Waals surface area contributed by atoms with Gasteiger partial charge in [-0.1, -0.05) is 24.1 Å². The number of hydrogen-bond donors (Lipinski definition) is 2. The molecule has 2 atom stereocenters. The number of nitrogens with one attached hydrogen (secondary N) is 1. The summed E-state index contributed by atoms with van der Waals surface area (Å²) in [4.78, 5) is 18.2. The quantitative estimate of drug-likeness (QED) is 0.464. The van der Waals surface area contributed by atoms with Gasteiger partial charge in [0.1, 0.15) is 0 Å². The maximum atomic E-state index is 9.43. The lowest BCUT2D eigenvalue weighted by Crippen LogP contribution is -2.51. The van der Waals surface area contributed by atoms with Crippen molar-refractivity contribution in [1.29, 1.82) is 5.26 Å². The van der Waals surface area contributed by atoms with Gasteiger partial charge >= 0.3 is 0 Å². The highest BCUT2D eigenvalue weighted by atomic mass is 35.5. The highest BCUT2D eigenvalue weighted by Crippen LogP contribution is 2.32. The molecule has 8 nitrogen and oxygen atoms in total. The Labute approximate surface area is 213 Å². The molecule has 2 aliphatic carbocycles. The number of allylic oxidation sites excluding steroid dienone is 1. The van der Waals surface area contributed by atoms with Crippen molar-refractivity contribution in [1.82, 2.24) is 10.2 Å². The van der Waals surface area contributed by atoms with Crippen LogP contribution >= 0.6 is 11.6 Å². The van der Waals surface area contributed by atoms with E-state index in [1.54, 1.807) is 13.3 Å². The molecule has 0 bridgehead atoms. The van der Waals surface area contributed by atoms with Crippen LogP contribution in [0.3, 0.4) is 0 Å². The van der Waals surface area contributed by atoms with Gasteiger partial charge in [0.05, 0.1) is 40.1 Å². The van der Waals surface area contributed by atoms with Crippen LogP contribution in [0.25, 0.3) is 0 Å². The molecule has 186 valence electrons. The van der Waals surface area contributed by atoms with Crippen molar-refractivity contribution in [3.05, 3.63) is 40.7 Å². The fourth-order valence-electron chi connectivity index (χ4n) is 4.88. The van der Waals surface area contributed by atoms with Gasteiger partial charge in [-0.15, -0.1) is 0 Å². The van der Waals surface area contributed by atoms with Gasteiger partial charge in [-0.2, -0.15) is 5.26 Å². The topological polar surface area (TPSA) is 105 Å². The predicted octanol–water partition coefficient (Wildman–Crippen LogP) is 3.57. The number of anilines is 1. The molecule has 2 saturated carbocycles. The molecular formula is C26H35ClN8. The third kappa shape index (κ3) is 6.41. The molecule has 0 radical (unpaired) electrons. The summed E-state index contributed by atoms with van der Waals surface area (Å²) in [5.41, 5.74) is 9.29. The fourth-order valence-corrected chi connectivity index (χ4v) is 5.19. The molecule has 1 saturated heterocycles. The second kappa shape index (κ2) is 11.7. The van der Waals surface area contributed by atoms with E-state index in [1.165, 1.54) is 6.20 Å². The Kier molecular flexibility index (Phi) is 8.42. The molecule has 35 heavy (non-hydrogen) atoms. The van der Waals surface area contributed by atoms with E-state index in [0.717, 1.165) is 75.2 Å². The van der Waals surface area contributed by atoms with Gasteiger partial charge in [0.25, 0.3) is 0 Å². The van der Waals surface area contributed by atoms with Gasteiger partial charge in [0.2, 0.25) is 5.96 Å². The summed E-state index contributed by atoms with van der Waals surface area (Å²) in [6.07, 6.45) is 8.85. The number of aliphatic imine (C=N–C) groups is 3. The van der Waals surface area contributed by atoms with E-state index in [2.05, 4.69) is 42.2 Å². The number of nitrogens with zero attached hydrogens (tertiary/aromatic N) is 6. The number of hydrogen-bond acceptors (Lipinski definition) is 6. The number of rotatable bonds is 6. The molecule has 1 heterocycles. The monoisotopic (exact) mass is 494 g/mol. The van der Waals surface area contributed by atoms with Crippen LogP contribution in [0, 0.1) is 17.2 Å². The third-order valence-electron chi connectivity index (χ3n) is 7.01. The first-order valence-electron chi connectivity index (χ1n) is 12.4. The lowest BCUT2D eigenvalue weighted by molar-refractivity contribution is 0.168. The van der Waals surface area contributed by atoms with Crippen LogP contribution in [0.4, 0.5) is 5.69 Å². The van der Waals surface area contributed by atoms with Gasteiger partial charge in [0, 0.05) is 51.7 Å². The van der Waals surface area contributed by atoms with Crippen LogP contribution in [0.5, 0.6) is 0 Å². The van der Waals surface area contributed by atoms with Gasteiger partial charge in [0.15, 0.2) is 0 Å². The summed E-state index contributed by atoms with van der Waals surface area (Å²) in [5, 5.41) is 13.3. The standard InChI is InChI=1S/C26H35ClN8/c1-18(32-21-7-8-21)23(16-29)33-26(30-2)31-17-19-6-9-25(22(27)14-19)35-12-10-34(11-13-35)24-5-3-4-20(24)15-28/h6,9,14,16-17,20-21,24H,3-5,7-8,10-13,29H2,1-2H3,(H,30,33)/b23-16+,31-17-,32-18?. The second-order valence-corrected chi connectivity index (χ2v) is 9.83. The minimum atomic E-state index is 0.181. The highest BCUT2D eigenvalue weighted by molar-refractivity contribution is 6.33. The summed E-state index contributed by atoms with van der Waals surface area (Å²) >= 11 is 6.68. The molecule has 9 heteroatoms. The fraction of sp³-hybridized carbons (Fsp3) is 0.538. The lowest BCUT2D eigenvalue weighted by Gasteiger charge is -2.40. The number of benzene rings is 1. The molecule has 1 aliphatic heterocycles. The van der Waals surface area contributed by atoms with Gasteiger partial charge in [-0.25, -0.2) is 4.99 Å². The van der Waals surface area contributed by atoms with Gasteiger partial charge in [-0.3, -0.25) is 14.9 Å². The van der Waals surface area contributed by atoms with Crippen molar-refractivity contribution in [2.24, 2.45) is 26.6 Å². The summed E-state index contributed by atoms with van der Waals surface area (Å²) in [6, 6.07) is 9.34.